The number of hydrogen-bond donors (Lipinski definition) is 2. The predicted molar refractivity (Wildman–Crippen MR) is 101 cm³/mol. The molecule has 1 amide bonds. The van der Waals surface area contributed by atoms with Gasteiger partial charge in [-0.2, -0.15) is 0 Å². The number of benzene rings is 1. The highest BCUT2D eigenvalue weighted by atomic mass is 79.9. The molecule has 5 heteroatoms. The molecule has 1 rings (SSSR count). The monoisotopic (exact) mass is 389 g/mol. The number of allylic oxidation sites excluding steroid dienone is 7. The minimum absolute atomic E-state index is 0.0320. The van der Waals surface area contributed by atoms with Gasteiger partial charge in [-0.1, -0.05) is 52.4 Å². The van der Waals surface area contributed by atoms with Crippen molar-refractivity contribution in [2.24, 2.45) is 0 Å². The Labute approximate surface area is 150 Å². The van der Waals surface area contributed by atoms with Crippen molar-refractivity contribution in [1.82, 2.24) is 0 Å². The molecule has 0 aromatic heterocycles. The molecule has 0 unspecified atom stereocenters. The number of carbonyl (C=O) groups is 2. The minimum Gasteiger partial charge on any atom is -0.478 e. The predicted octanol–water partition coefficient (Wildman–Crippen LogP) is 5.11. The fraction of sp³-hybridized carbons (Fsp3) is 0.158. The lowest BCUT2D eigenvalue weighted by atomic mass is 10.1. The Bertz CT molecular complexity index is 729. The van der Waals surface area contributed by atoms with Gasteiger partial charge >= 0.3 is 5.97 Å². The number of rotatable bonds is 6. The fourth-order valence-corrected chi connectivity index (χ4v) is 2.23. The number of aromatic carboxylic acids is 1. The summed E-state index contributed by atoms with van der Waals surface area (Å²) in [6.07, 6.45) is 11.2. The number of anilines is 1. The van der Waals surface area contributed by atoms with Gasteiger partial charge in [0.1, 0.15) is 0 Å². The van der Waals surface area contributed by atoms with Crippen molar-refractivity contribution in [3.8, 4) is 0 Å². The van der Waals surface area contributed by atoms with E-state index in [9.17, 15) is 14.7 Å². The number of carboxylic acids is 1. The Morgan fingerprint density at radius 1 is 1.12 bits per heavy atom. The van der Waals surface area contributed by atoms with Gasteiger partial charge in [0.15, 0.2) is 0 Å². The summed E-state index contributed by atoms with van der Waals surface area (Å²) < 4.78 is 0.635. The summed E-state index contributed by atoms with van der Waals surface area (Å²) >= 11 is 3.22. The van der Waals surface area contributed by atoms with Crippen molar-refractivity contribution in [3.63, 3.8) is 0 Å². The van der Waals surface area contributed by atoms with Crippen LogP contribution in [0.1, 0.15) is 31.1 Å². The van der Waals surface area contributed by atoms with E-state index in [1.165, 1.54) is 6.07 Å². The number of amides is 1. The van der Waals surface area contributed by atoms with Gasteiger partial charge in [0.05, 0.1) is 11.3 Å². The van der Waals surface area contributed by atoms with Gasteiger partial charge in [0.25, 0.3) is 5.91 Å². The van der Waals surface area contributed by atoms with Crippen molar-refractivity contribution in [2.75, 3.05) is 5.32 Å². The lowest BCUT2D eigenvalue weighted by molar-refractivity contribution is -0.112. The average molecular weight is 390 g/mol. The molecule has 0 aliphatic rings. The van der Waals surface area contributed by atoms with E-state index in [2.05, 4.69) is 21.2 Å². The van der Waals surface area contributed by atoms with Gasteiger partial charge in [0.2, 0.25) is 0 Å². The van der Waals surface area contributed by atoms with E-state index in [4.69, 9.17) is 0 Å². The lowest BCUT2D eigenvalue weighted by Gasteiger charge is -2.09. The molecular weight excluding hydrogens is 370 g/mol. The Balaban J connectivity index is 3.01. The summed E-state index contributed by atoms with van der Waals surface area (Å²) in [5.41, 5.74) is 1.72. The van der Waals surface area contributed by atoms with Gasteiger partial charge < -0.3 is 10.4 Å². The Morgan fingerprint density at radius 3 is 2.29 bits per heavy atom. The van der Waals surface area contributed by atoms with Crippen molar-refractivity contribution in [3.05, 3.63) is 75.8 Å². The third-order valence-electron chi connectivity index (χ3n) is 3.06. The van der Waals surface area contributed by atoms with Crippen LogP contribution in [0.25, 0.3) is 0 Å². The van der Waals surface area contributed by atoms with E-state index < -0.39 is 5.97 Å². The van der Waals surface area contributed by atoms with Gasteiger partial charge in [-0.25, -0.2) is 4.79 Å². The smallest absolute Gasteiger partial charge is 0.337 e. The molecule has 0 fully saturated rings. The molecule has 0 spiro atoms. The van der Waals surface area contributed by atoms with Crippen LogP contribution in [0.3, 0.4) is 0 Å². The molecule has 0 bridgehead atoms. The third-order valence-corrected chi connectivity index (χ3v) is 3.56. The molecule has 0 saturated heterocycles. The normalized spacial score (nSPS) is 12.8. The summed E-state index contributed by atoms with van der Waals surface area (Å²) in [6, 6.07) is 4.68. The van der Waals surface area contributed by atoms with E-state index >= 15 is 0 Å². The minimum atomic E-state index is -1.10. The molecule has 0 atom stereocenters. The van der Waals surface area contributed by atoms with Crippen LogP contribution < -0.4 is 5.32 Å². The molecule has 2 N–H and O–H groups in total. The zero-order chi connectivity index (χ0) is 18.1. The molecule has 0 aliphatic carbocycles. The molecular formula is C19H20BrNO3. The van der Waals surface area contributed by atoms with Crippen molar-refractivity contribution >= 4 is 33.5 Å². The van der Waals surface area contributed by atoms with E-state index in [0.29, 0.717) is 10.0 Å². The topological polar surface area (TPSA) is 66.4 Å². The van der Waals surface area contributed by atoms with Gasteiger partial charge in [0, 0.05) is 10.0 Å². The largest absolute Gasteiger partial charge is 0.478 e. The van der Waals surface area contributed by atoms with Crippen LogP contribution in [0.15, 0.2) is 70.3 Å². The number of carboxylic acid groups (broad SMARTS) is 1. The van der Waals surface area contributed by atoms with E-state index in [-0.39, 0.29) is 17.2 Å². The summed E-state index contributed by atoms with van der Waals surface area (Å²) in [7, 11) is 0. The first kappa shape index (κ1) is 19.6. The first-order chi connectivity index (χ1) is 11.4. The van der Waals surface area contributed by atoms with Gasteiger partial charge in [-0.15, -0.1) is 0 Å². The molecule has 4 nitrogen and oxygen atoms in total. The highest BCUT2D eigenvalue weighted by molar-refractivity contribution is 9.10. The molecule has 126 valence electrons. The number of hydrogen-bond acceptors (Lipinski definition) is 2. The molecule has 0 saturated carbocycles. The first-order valence-corrected chi connectivity index (χ1v) is 8.16. The summed E-state index contributed by atoms with van der Waals surface area (Å²) in [5, 5.41) is 11.9. The van der Waals surface area contributed by atoms with Crippen LogP contribution in [0.2, 0.25) is 0 Å². The maximum Gasteiger partial charge on any atom is 0.337 e. The molecule has 0 radical (unpaired) electrons. The molecule has 0 aliphatic heterocycles. The molecule has 1 aromatic rings. The highest BCUT2D eigenvalue weighted by Crippen LogP contribution is 2.21. The zero-order valence-electron chi connectivity index (χ0n) is 13.8. The van der Waals surface area contributed by atoms with Crippen molar-refractivity contribution in [1.29, 1.82) is 0 Å². The Morgan fingerprint density at radius 2 is 1.75 bits per heavy atom. The Kier molecular flexibility index (Phi) is 7.92. The fourth-order valence-electron chi connectivity index (χ4n) is 1.87. The van der Waals surface area contributed by atoms with Crippen LogP contribution in [-0.4, -0.2) is 17.0 Å². The molecule has 24 heavy (non-hydrogen) atoms. The SMILES string of the molecule is C\C=C/C(=C\C=C(/C)C(=O)Nc1ccc(Br)cc1C(=O)O)/C=C/C. The molecule has 1 aromatic carbocycles. The van der Waals surface area contributed by atoms with Crippen LogP contribution in [0.4, 0.5) is 5.69 Å². The summed E-state index contributed by atoms with van der Waals surface area (Å²) in [5.74, 6) is -1.45. The maximum absolute atomic E-state index is 12.3. The number of nitrogens with one attached hydrogen (secondary N) is 1. The van der Waals surface area contributed by atoms with E-state index in [1.807, 2.05) is 44.2 Å². The second-order valence-corrected chi connectivity index (χ2v) is 5.88. The summed E-state index contributed by atoms with van der Waals surface area (Å²) in [4.78, 5) is 23.5. The Hall–Kier alpha value is -2.40. The van der Waals surface area contributed by atoms with E-state index in [0.717, 1.165) is 5.57 Å². The zero-order valence-corrected chi connectivity index (χ0v) is 15.4. The average Bonchev–Trinajstić information content (AvgIpc) is 2.54. The quantitative estimate of drug-likeness (QED) is 0.524. The second-order valence-electron chi connectivity index (χ2n) is 4.97. The van der Waals surface area contributed by atoms with E-state index in [1.54, 1.807) is 25.1 Å². The van der Waals surface area contributed by atoms with Gasteiger partial charge in [-0.05, 0) is 44.5 Å². The number of carbonyl (C=O) groups excluding carboxylic acids is 1. The lowest BCUT2D eigenvalue weighted by Crippen LogP contribution is -2.15. The standard InChI is InChI=1S/C19H20BrNO3/c1-4-6-14(7-5-2)9-8-13(3)18(22)21-17-11-10-15(20)12-16(17)19(23)24/h4-12H,1-3H3,(H,21,22)(H,23,24)/b6-4-,7-5+,13-8+,14-9+. The number of halogens is 1. The van der Waals surface area contributed by atoms with Crippen molar-refractivity contribution < 1.29 is 14.7 Å². The van der Waals surface area contributed by atoms with Crippen LogP contribution in [0.5, 0.6) is 0 Å². The van der Waals surface area contributed by atoms with Crippen molar-refractivity contribution in [2.45, 2.75) is 20.8 Å². The summed E-state index contributed by atoms with van der Waals surface area (Å²) in [6.45, 7) is 5.51. The van der Waals surface area contributed by atoms with Crippen LogP contribution in [-0.2, 0) is 4.79 Å². The third kappa shape index (κ3) is 6.01. The maximum atomic E-state index is 12.3. The first-order valence-electron chi connectivity index (χ1n) is 7.37. The van der Waals surface area contributed by atoms with Crippen LogP contribution >= 0.6 is 15.9 Å². The highest BCUT2D eigenvalue weighted by Gasteiger charge is 2.13. The second kappa shape index (κ2) is 9.67. The molecule has 0 heterocycles. The van der Waals surface area contributed by atoms with Crippen LogP contribution in [0, 0.1) is 0 Å². The van der Waals surface area contributed by atoms with Gasteiger partial charge in [-0.3, -0.25) is 4.79 Å².